The molecule has 2 aliphatic rings. The summed E-state index contributed by atoms with van der Waals surface area (Å²) in [5, 5.41) is 4.31. The Balaban J connectivity index is 0.000000206. The fourth-order valence-corrected chi connectivity index (χ4v) is 19.2. The van der Waals surface area contributed by atoms with Crippen molar-refractivity contribution in [2.45, 2.75) is 41.5 Å². The molecule has 0 spiro atoms. The third-order valence-corrected chi connectivity index (χ3v) is 20.7. The van der Waals surface area contributed by atoms with Crippen molar-refractivity contribution in [2.24, 2.45) is 0 Å². The van der Waals surface area contributed by atoms with Gasteiger partial charge in [-0.25, -0.2) is 0 Å². The number of rotatable bonds is 5. The first-order valence-electron chi connectivity index (χ1n) is 19.8. The van der Waals surface area contributed by atoms with Crippen LogP contribution in [0.15, 0.2) is 164 Å². The van der Waals surface area contributed by atoms with E-state index in [1.807, 2.05) is 0 Å². The van der Waals surface area contributed by atoms with Crippen molar-refractivity contribution in [2.75, 3.05) is 22.9 Å². The number of hydrogen-bond donors (Lipinski definition) is 0. The molecule has 0 aromatic heterocycles. The van der Waals surface area contributed by atoms with Gasteiger partial charge in [0.25, 0.3) is 0 Å². The molecule has 0 amide bonds. The molecule has 1 saturated heterocycles. The minimum absolute atomic E-state index is 0.839. The summed E-state index contributed by atoms with van der Waals surface area (Å²) in [5.74, 6) is 0. The van der Waals surface area contributed by atoms with Gasteiger partial charge in [-0.3, -0.25) is 0 Å². The van der Waals surface area contributed by atoms with Crippen molar-refractivity contribution in [1.29, 1.82) is 0 Å². The first kappa shape index (κ1) is 40.3. The number of nitrogens with zero attached hydrogens (tertiary/aromatic N) is 2. The van der Waals surface area contributed by atoms with Gasteiger partial charge in [-0.05, 0) is 36.4 Å². The van der Waals surface area contributed by atoms with E-state index in [0.29, 0.717) is 0 Å². The number of hydrogen-bond acceptors (Lipinski definition) is 2. The van der Waals surface area contributed by atoms with Gasteiger partial charge in [0.15, 0.2) is 0 Å². The van der Waals surface area contributed by atoms with Crippen LogP contribution in [0.2, 0.25) is 0 Å². The zero-order valence-corrected chi connectivity index (χ0v) is 38.3. The number of aryl methyl sites for hydroxylation is 6. The Bertz CT molecular complexity index is 2490. The van der Waals surface area contributed by atoms with Crippen molar-refractivity contribution in [3.8, 4) is 11.1 Å². The zero-order valence-electron chi connectivity index (χ0n) is 34.0. The molecular formula is C52H50Cl2N2PRu+. The van der Waals surface area contributed by atoms with Crippen LogP contribution in [0.1, 0.15) is 44.5 Å². The monoisotopic (exact) mass is 905 g/mol. The van der Waals surface area contributed by atoms with E-state index in [4.69, 9.17) is 19.4 Å². The number of benzene rings is 7. The molecule has 0 atom stereocenters. The SMILES string of the molecule is Cc1cc(C)c(N2CCN(c3c(C)cc(C)cc3C)[C]2=[Ru]([Cl])([Cl])=[C]2c3ccccc3-c3ccccc32)c(C)c1.c1ccc([PH+](c2ccccc2)c2ccccc2)cc1. The van der Waals surface area contributed by atoms with E-state index in [1.54, 1.807) is 0 Å². The molecule has 1 heterocycles. The molecule has 6 heteroatoms. The van der Waals surface area contributed by atoms with Crippen LogP contribution in [-0.2, 0) is 11.9 Å². The largest absolute Gasteiger partial charge is 0.102 e. The normalized spacial score (nSPS) is 13.7. The summed E-state index contributed by atoms with van der Waals surface area (Å²) in [5.41, 5.74) is 14.8. The average Bonchev–Trinajstić information content (AvgIpc) is 3.79. The third-order valence-electron chi connectivity index (χ3n) is 11.0. The van der Waals surface area contributed by atoms with Gasteiger partial charge in [-0.15, -0.1) is 0 Å². The molecule has 7 aromatic carbocycles. The molecule has 7 aromatic rings. The summed E-state index contributed by atoms with van der Waals surface area (Å²) < 4.78 is 2.19. The molecule has 0 bridgehead atoms. The van der Waals surface area contributed by atoms with Gasteiger partial charge < -0.3 is 0 Å². The molecule has 0 unspecified atom stereocenters. The number of halogens is 2. The van der Waals surface area contributed by atoms with Crippen LogP contribution in [0.3, 0.4) is 0 Å². The second-order valence-corrected chi connectivity index (χ2v) is 27.0. The minimum atomic E-state index is -3.77. The van der Waals surface area contributed by atoms with E-state index in [2.05, 4.69) is 215 Å². The van der Waals surface area contributed by atoms with E-state index in [-0.39, 0.29) is 0 Å². The third kappa shape index (κ3) is 7.72. The average molecular weight is 906 g/mol. The molecule has 0 saturated carbocycles. The Kier molecular flexibility index (Phi) is 11.8. The zero-order chi connectivity index (χ0) is 40.6. The molecule has 1 fully saturated rings. The Morgan fingerprint density at radius 1 is 0.414 bits per heavy atom. The van der Waals surface area contributed by atoms with E-state index in [0.717, 1.165) is 21.6 Å². The topological polar surface area (TPSA) is 6.48 Å². The van der Waals surface area contributed by atoms with Crippen LogP contribution >= 0.6 is 27.3 Å². The second kappa shape index (κ2) is 17.0. The molecule has 1 aliphatic carbocycles. The summed E-state index contributed by atoms with van der Waals surface area (Å²) in [6, 6.07) is 58.8. The maximum absolute atomic E-state index is 7.94. The van der Waals surface area contributed by atoms with Gasteiger partial charge in [0.05, 0.1) is 7.92 Å². The fraction of sp³-hybridized carbons (Fsp3) is 0.154. The quantitative estimate of drug-likeness (QED) is 0.125. The van der Waals surface area contributed by atoms with Crippen LogP contribution in [0.5, 0.6) is 0 Å². The van der Waals surface area contributed by atoms with Crippen LogP contribution < -0.4 is 25.7 Å². The maximum Gasteiger partial charge on any atom is 0.102 e. The molecular weight excluding hydrogens is 856 g/mol. The summed E-state index contributed by atoms with van der Waals surface area (Å²) in [4.78, 5) is 4.90. The molecule has 58 heavy (non-hydrogen) atoms. The van der Waals surface area contributed by atoms with E-state index in [9.17, 15) is 0 Å². The van der Waals surface area contributed by atoms with Crippen LogP contribution in [0, 0.1) is 41.5 Å². The molecule has 9 rings (SSSR count). The van der Waals surface area contributed by atoms with E-state index in [1.165, 1.54) is 82.9 Å². The van der Waals surface area contributed by atoms with Gasteiger partial charge >= 0.3 is 244 Å². The second-order valence-electron chi connectivity index (χ2n) is 15.3. The summed E-state index contributed by atoms with van der Waals surface area (Å²) in [6.45, 7) is 14.8. The molecule has 2 nitrogen and oxygen atoms in total. The smallest absolute Gasteiger partial charge is 0.0620 e. The number of fused-ring (bicyclic) bond motifs is 3. The standard InChI is InChI=1S/C21H26N2.C18H15P.C13H8.2ClH.Ru/c1-14-9-16(3)20(17(4)10-14)22-7-8-23(13-22)21-18(5)11-15(2)12-19(21)6;1-4-10-16(11-5-1)19(17-12-6-2-7-13-17)18-14-8-3-9-15-18;1-3-7-12-10(5-1)9-11-6-2-4-8-13(11)12;;;/h9-12H,7-8H2,1-6H3;1-15H;1-8H;2*1H;/q;;;;;+2/p-1. The van der Waals surface area contributed by atoms with Gasteiger partial charge in [0, 0.05) is 0 Å². The Hall–Kier alpha value is -4.49. The van der Waals surface area contributed by atoms with E-state index >= 15 is 0 Å². The maximum atomic E-state index is 7.94. The van der Waals surface area contributed by atoms with Gasteiger partial charge in [0.1, 0.15) is 15.9 Å². The summed E-state index contributed by atoms with van der Waals surface area (Å²) >= 11 is -3.77. The molecule has 1 aliphatic heterocycles. The van der Waals surface area contributed by atoms with Crippen LogP contribution in [0.25, 0.3) is 11.1 Å². The first-order valence-corrected chi connectivity index (χ1v) is 27.6. The van der Waals surface area contributed by atoms with Crippen LogP contribution in [0.4, 0.5) is 11.4 Å². The Labute approximate surface area is 356 Å². The molecule has 0 radical (unpaired) electrons. The first-order chi connectivity index (χ1) is 28.0. The fourth-order valence-electron chi connectivity index (χ4n) is 8.95. The van der Waals surface area contributed by atoms with Crippen molar-refractivity contribution in [3.63, 3.8) is 0 Å². The van der Waals surface area contributed by atoms with E-state index < -0.39 is 19.8 Å². The molecule has 294 valence electrons. The minimum Gasteiger partial charge on any atom is -0.0620 e. The van der Waals surface area contributed by atoms with Gasteiger partial charge in [-0.2, -0.15) is 0 Å². The van der Waals surface area contributed by atoms with Crippen molar-refractivity contribution < 1.29 is 11.9 Å². The predicted octanol–water partition coefficient (Wildman–Crippen LogP) is 11.8. The Morgan fingerprint density at radius 2 is 0.707 bits per heavy atom. The van der Waals surface area contributed by atoms with Crippen molar-refractivity contribution in [1.82, 2.24) is 0 Å². The van der Waals surface area contributed by atoms with Crippen LogP contribution in [-0.4, -0.2) is 21.6 Å². The van der Waals surface area contributed by atoms with Crippen molar-refractivity contribution in [3.05, 3.63) is 208 Å². The van der Waals surface area contributed by atoms with Gasteiger partial charge in [-0.1, -0.05) is 54.6 Å². The number of anilines is 2. The Morgan fingerprint density at radius 3 is 1.03 bits per heavy atom. The summed E-state index contributed by atoms with van der Waals surface area (Å²) in [6.07, 6.45) is 0. The summed E-state index contributed by atoms with van der Waals surface area (Å²) in [7, 11) is 15.0. The molecule has 0 N–H and O–H groups in total. The predicted molar refractivity (Wildman–Crippen MR) is 254 cm³/mol. The van der Waals surface area contributed by atoms with Crippen molar-refractivity contribution >= 4 is 63.1 Å². The van der Waals surface area contributed by atoms with Gasteiger partial charge in [0.2, 0.25) is 0 Å².